The number of carbonyl (C=O) groups is 1. The van der Waals surface area contributed by atoms with E-state index in [2.05, 4.69) is 34.3 Å². The SMILES string of the molecule is CCc1ccc2c(c1)[C@]1(Nc3ccccc3-c3nc4ccccc4n31)C(=O)N2. The van der Waals surface area contributed by atoms with E-state index in [0.717, 1.165) is 45.8 Å². The second-order valence-corrected chi connectivity index (χ2v) is 7.33. The predicted octanol–water partition coefficient (Wildman–Crippen LogP) is 4.34. The van der Waals surface area contributed by atoms with Crippen molar-refractivity contribution in [3.05, 3.63) is 77.9 Å². The number of fused-ring (bicyclic) bond motifs is 8. The van der Waals surface area contributed by atoms with Crippen LogP contribution in [-0.4, -0.2) is 15.5 Å². The molecule has 1 atom stereocenters. The van der Waals surface area contributed by atoms with Crippen molar-refractivity contribution in [1.29, 1.82) is 0 Å². The lowest BCUT2D eigenvalue weighted by Gasteiger charge is -2.37. The quantitative estimate of drug-likeness (QED) is 0.527. The molecule has 0 aliphatic carbocycles. The van der Waals surface area contributed by atoms with Crippen LogP contribution in [0.5, 0.6) is 0 Å². The Labute approximate surface area is 162 Å². The van der Waals surface area contributed by atoms with Gasteiger partial charge in [0.2, 0.25) is 5.66 Å². The van der Waals surface area contributed by atoms with Gasteiger partial charge in [-0.25, -0.2) is 4.98 Å². The summed E-state index contributed by atoms with van der Waals surface area (Å²) in [4.78, 5) is 18.4. The molecular formula is C23H18N4O. The van der Waals surface area contributed by atoms with Crippen LogP contribution < -0.4 is 10.6 Å². The fraction of sp³-hybridized carbons (Fsp3) is 0.130. The summed E-state index contributed by atoms with van der Waals surface area (Å²) in [6.45, 7) is 2.13. The number of anilines is 2. The van der Waals surface area contributed by atoms with Crippen LogP contribution in [0.3, 0.4) is 0 Å². The highest BCUT2D eigenvalue weighted by molar-refractivity contribution is 6.10. The monoisotopic (exact) mass is 366 g/mol. The van der Waals surface area contributed by atoms with E-state index in [4.69, 9.17) is 4.98 Å². The molecule has 2 aliphatic rings. The number of rotatable bonds is 1. The molecule has 0 fully saturated rings. The molecule has 2 aliphatic heterocycles. The molecule has 3 heterocycles. The van der Waals surface area contributed by atoms with Gasteiger partial charge >= 0.3 is 0 Å². The van der Waals surface area contributed by atoms with Crippen molar-refractivity contribution < 1.29 is 4.79 Å². The molecule has 0 bridgehead atoms. The molecule has 2 N–H and O–H groups in total. The third-order valence-corrected chi connectivity index (χ3v) is 5.84. The number of benzene rings is 3. The van der Waals surface area contributed by atoms with E-state index in [-0.39, 0.29) is 5.91 Å². The molecule has 0 saturated heterocycles. The highest BCUT2D eigenvalue weighted by Crippen LogP contribution is 2.48. The molecule has 1 spiro atoms. The molecule has 3 aromatic carbocycles. The molecular weight excluding hydrogens is 348 g/mol. The maximum Gasteiger partial charge on any atom is 0.276 e. The molecule has 6 rings (SSSR count). The van der Waals surface area contributed by atoms with Crippen molar-refractivity contribution in [3.63, 3.8) is 0 Å². The normalized spacial score (nSPS) is 19.1. The molecule has 28 heavy (non-hydrogen) atoms. The maximum atomic E-state index is 13.5. The van der Waals surface area contributed by atoms with Crippen molar-refractivity contribution >= 4 is 28.3 Å². The van der Waals surface area contributed by atoms with Crippen LogP contribution in [0.25, 0.3) is 22.4 Å². The number of para-hydroxylation sites is 3. The molecule has 0 radical (unpaired) electrons. The summed E-state index contributed by atoms with van der Waals surface area (Å²) in [5.41, 5.74) is 5.65. The van der Waals surface area contributed by atoms with E-state index in [9.17, 15) is 4.79 Å². The first-order chi connectivity index (χ1) is 13.7. The second kappa shape index (κ2) is 5.23. The summed E-state index contributed by atoms with van der Waals surface area (Å²) in [7, 11) is 0. The summed E-state index contributed by atoms with van der Waals surface area (Å²) in [5, 5.41) is 6.66. The summed E-state index contributed by atoms with van der Waals surface area (Å²) >= 11 is 0. The van der Waals surface area contributed by atoms with Gasteiger partial charge < -0.3 is 10.6 Å². The Kier molecular flexibility index (Phi) is 2.88. The zero-order chi connectivity index (χ0) is 18.9. The number of hydrogen-bond acceptors (Lipinski definition) is 3. The van der Waals surface area contributed by atoms with Gasteiger partial charge in [-0.2, -0.15) is 0 Å². The third-order valence-electron chi connectivity index (χ3n) is 5.84. The lowest BCUT2D eigenvalue weighted by Crippen LogP contribution is -2.50. The summed E-state index contributed by atoms with van der Waals surface area (Å²) in [6, 6.07) is 22.2. The van der Waals surface area contributed by atoms with Crippen LogP contribution in [-0.2, 0) is 16.9 Å². The van der Waals surface area contributed by atoms with Crippen LogP contribution in [0.1, 0.15) is 18.1 Å². The van der Waals surface area contributed by atoms with Crippen molar-refractivity contribution in [3.8, 4) is 11.4 Å². The van der Waals surface area contributed by atoms with E-state index >= 15 is 0 Å². The number of amides is 1. The molecule has 4 aromatic rings. The van der Waals surface area contributed by atoms with E-state index in [1.54, 1.807) is 0 Å². The highest BCUT2D eigenvalue weighted by atomic mass is 16.2. The second-order valence-electron chi connectivity index (χ2n) is 7.33. The predicted molar refractivity (Wildman–Crippen MR) is 110 cm³/mol. The van der Waals surface area contributed by atoms with Gasteiger partial charge in [0, 0.05) is 22.5 Å². The van der Waals surface area contributed by atoms with Crippen LogP contribution in [0.4, 0.5) is 11.4 Å². The van der Waals surface area contributed by atoms with Crippen molar-refractivity contribution in [2.45, 2.75) is 19.0 Å². The fourth-order valence-corrected chi connectivity index (χ4v) is 4.48. The van der Waals surface area contributed by atoms with Crippen molar-refractivity contribution in [2.24, 2.45) is 0 Å². The van der Waals surface area contributed by atoms with E-state index in [1.807, 2.05) is 54.6 Å². The number of hydrogen-bond donors (Lipinski definition) is 2. The first-order valence-electron chi connectivity index (χ1n) is 9.53. The standard InChI is InChI=1S/C23H18N4O/c1-2-14-11-12-18-16(13-14)23(22(28)25-18)26-17-8-4-3-7-15(17)21-24-19-9-5-6-10-20(19)27(21)23/h3-13,26H,2H2,1H3,(H,25,28)/t23-/m1/s1. The minimum absolute atomic E-state index is 0.0883. The Hall–Kier alpha value is -3.60. The summed E-state index contributed by atoms with van der Waals surface area (Å²) < 4.78 is 2.06. The average Bonchev–Trinajstić information content (AvgIpc) is 3.25. The molecule has 0 saturated carbocycles. The van der Waals surface area contributed by atoms with Gasteiger partial charge in [-0.1, -0.05) is 37.3 Å². The maximum absolute atomic E-state index is 13.5. The number of nitrogens with zero attached hydrogens (tertiary/aromatic N) is 2. The Balaban J connectivity index is 1.77. The van der Waals surface area contributed by atoms with E-state index < -0.39 is 5.66 Å². The Bertz CT molecular complexity index is 1290. The fourth-order valence-electron chi connectivity index (χ4n) is 4.48. The minimum Gasteiger partial charge on any atom is -0.350 e. The average molecular weight is 366 g/mol. The van der Waals surface area contributed by atoms with Crippen LogP contribution in [0.15, 0.2) is 66.7 Å². The van der Waals surface area contributed by atoms with Crippen LogP contribution in [0.2, 0.25) is 0 Å². The van der Waals surface area contributed by atoms with Gasteiger partial charge in [0.1, 0.15) is 5.82 Å². The van der Waals surface area contributed by atoms with Crippen molar-refractivity contribution in [2.75, 3.05) is 10.6 Å². The smallest absolute Gasteiger partial charge is 0.276 e. The molecule has 5 nitrogen and oxygen atoms in total. The third kappa shape index (κ3) is 1.76. The van der Waals surface area contributed by atoms with E-state index in [1.165, 1.54) is 5.56 Å². The minimum atomic E-state index is -1.06. The Morgan fingerprint density at radius 2 is 1.82 bits per heavy atom. The first kappa shape index (κ1) is 15.5. The summed E-state index contributed by atoms with van der Waals surface area (Å²) in [5.74, 6) is 0.718. The van der Waals surface area contributed by atoms with Gasteiger partial charge in [-0.3, -0.25) is 9.36 Å². The van der Waals surface area contributed by atoms with Gasteiger partial charge in [0.05, 0.1) is 11.0 Å². The largest absolute Gasteiger partial charge is 0.350 e. The molecule has 136 valence electrons. The first-order valence-corrected chi connectivity index (χ1v) is 9.53. The van der Waals surface area contributed by atoms with Gasteiger partial charge in [-0.05, 0) is 48.4 Å². The number of aromatic nitrogens is 2. The molecule has 1 aromatic heterocycles. The zero-order valence-electron chi connectivity index (χ0n) is 15.4. The van der Waals surface area contributed by atoms with Crippen LogP contribution in [0, 0.1) is 0 Å². The number of aryl methyl sites for hydroxylation is 1. The topological polar surface area (TPSA) is 59.0 Å². The van der Waals surface area contributed by atoms with Gasteiger partial charge in [0.25, 0.3) is 5.91 Å². The lowest BCUT2D eigenvalue weighted by molar-refractivity contribution is -0.120. The number of imidazole rings is 1. The summed E-state index contributed by atoms with van der Waals surface area (Å²) in [6.07, 6.45) is 0.908. The van der Waals surface area contributed by atoms with E-state index in [0.29, 0.717) is 0 Å². The van der Waals surface area contributed by atoms with Gasteiger partial charge in [0.15, 0.2) is 0 Å². The Morgan fingerprint density at radius 1 is 1.00 bits per heavy atom. The van der Waals surface area contributed by atoms with Crippen LogP contribution >= 0.6 is 0 Å². The highest BCUT2D eigenvalue weighted by Gasteiger charge is 2.53. The number of nitrogens with one attached hydrogen (secondary N) is 2. The lowest BCUT2D eigenvalue weighted by atomic mass is 9.93. The molecule has 0 unspecified atom stereocenters. The number of carbonyl (C=O) groups excluding carboxylic acids is 1. The Morgan fingerprint density at radius 3 is 2.71 bits per heavy atom. The molecule has 5 heteroatoms. The zero-order valence-corrected chi connectivity index (χ0v) is 15.4. The molecule has 1 amide bonds. The van der Waals surface area contributed by atoms with Crippen molar-refractivity contribution in [1.82, 2.24) is 9.55 Å². The van der Waals surface area contributed by atoms with Gasteiger partial charge in [-0.15, -0.1) is 0 Å².